The molecule has 1 unspecified atom stereocenters. The predicted octanol–water partition coefficient (Wildman–Crippen LogP) is 7.09. The van der Waals surface area contributed by atoms with Gasteiger partial charge in [-0.15, -0.1) is 0 Å². The molecule has 0 heterocycles. The molecule has 0 aliphatic rings. The molecule has 1 aromatic rings. The second kappa shape index (κ2) is 19.6. The third kappa shape index (κ3) is 16.9. The first-order valence-electron chi connectivity index (χ1n) is 12.6. The van der Waals surface area contributed by atoms with E-state index in [2.05, 4.69) is 6.92 Å². The number of methoxy groups -OCH3 is 1. The Balaban J connectivity index is 1.98. The highest BCUT2D eigenvalue weighted by Crippen LogP contribution is 2.43. The van der Waals surface area contributed by atoms with Crippen molar-refractivity contribution in [1.82, 2.24) is 0 Å². The molecule has 0 spiro atoms. The molecule has 0 bridgehead atoms. The van der Waals surface area contributed by atoms with Crippen LogP contribution >= 0.6 is 7.82 Å². The highest BCUT2D eigenvalue weighted by molar-refractivity contribution is 7.47. The number of ether oxygens (including phenoxy) is 2. The van der Waals surface area contributed by atoms with Crippen molar-refractivity contribution in [3.63, 3.8) is 0 Å². The van der Waals surface area contributed by atoms with Crippen LogP contribution in [0.15, 0.2) is 30.3 Å². The summed E-state index contributed by atoms with van der Waals surface area (Å²) < 4.78 is 32.1. The van der Waals surface area contributed by atoms with Crippen LogP contribution < -0.4 is 4.74 Å². The lowest BCUT2D eigenvalue weighted by atomic mass is 10.1. The normalized spacial score (nSPS) is 13.1. The van der Waals surface area contributed by atoms with E-state index in [1.165, 1.54) is 51.0 Å². The Bertz CT molecular complexity index is 718. The fourth-order valence-electron chi connectivity index (χ4n) is 3.29. The van der Waals surface area contributed by atoms with Crippen molar-refractivity contribution >= 4 is 19.9 Å². The smallest absolute Gasteiger partial charge is 0.472 e. The van der Waals surface area contributed by atoms with Crippen molar-refractivity contribution in [3.8, 4) is 5.75 Å². The van der Waals surface area contributed by atoms with E-state index in [-0.39, 0.29) is 19.8 Å². The van der Waals surface area contributed by atoms with E-state index in [9.17, 15) is 14.3 Å². The van der Waals surface area contributed by atoms with E-state index in [1.54, 1.807) is 13.2 Å². The summed E-state index contributed by atoms with van der Waals surface area (Å²) in [5, 5.41) is 0. The fourth-order valence-corrected chi connectivity index (χ4v) is 4.09. The Hall–Kier alpha value is -1.66. The van der Waals surface area contributed by atoms with Gasteiger partial charge in [-0.05, 0) is 43.0 Å². The van der Waals surface area contributed by atoms with Crippen LogP contribution in [0.1, 0.15) is 89.5 Å². The van der Waals surface area contributed by atoms with Crippen LogP contribution in [0.3, 0.4) is 0 Å². The molecule has 34 heavy (non-hydrogen) atoms. The molecule has 1 rings (SSSR count). The summed E-state index contributed by atoms with van der Waals surface area (Å²) in [5.41, 5.74) is 0.864. The minimum atomic E-state index is -4.02. The fraction of sp³-hybridized carbons (Fsp3) is 0.654. The summed E-state index contributed by atoms with van der Waals surface area (Å²) in [6, 6.07) is 7.30. The number of rotatable bonds is 21. The maximum absolute atomic E-state index is 11.9. The topological polar surface area (TPSA) is 91.3 Å². The van der Waals surface area contributed by atoms with Crippen molar-refractivity contribution in [2.24, 2.45) is 0 Å². The Morgan fingerprint density at radius 2 is 1.32 bits per heavy atom. The van der Waals surface area contributed by atoms with Crippen LogP contribution in [-0.4, -0.2) is 37.8 Å². The van der Waals surface area contributed by atoms with E-state index in [0.29, 0.717) is 12.8 Å². The van der Waals surface area contributed by atoms with Crippen LogP contribution in [0.2, 0.25) is 0 Å². The first-order valence-corrected chi connectivity index (χ1v) is 14.1. The van der Waals surface area contributed by atoms with Gasteiger partial charge in [0.1, 0.15) is 5.75 Å². The maximum Gasteiger partial charge on any atom is 0.472 e. The molecule has 0 radical (unpaired) electrons. The van der Waals surface area contributed by atoms with Gasteiger partial charge in [0.15, 0.2) is 0 Å². The van der Waals surface area contributed by atoms with E-state index in [1.807, 2.05) is 24.3 Å². The van der Waals surface area contributed by atoms with Crippen molar-refractivity contribution in [3.05, 3.63) is 35.9 Å². The number of hydrogen-bond donors (Lipinski definition) is 1. The number of carbonyl (C=O) groups is 1. The van der Waals surface area contributed by atoms with Crippen LogP contribution in [0.25, 0.3) is 6.08 Å². The van der Waals surface area contributed by atoms with Gasteiger partial charge in [0.05, 0.1) is 26.9 Å². The number of phosphoric ester groups is 1. The van der Waals surface area contributed by atoms with E-state index >= 15 is 0 Å². The lowest BCUT2D eigenvalue weighted by Crippen LogP contribution is -2.04. The van der Waals surface area contributed by atoms with Gasteiger partial charge in [-0.25, -0.2) is 9.36 Å². The third-order valence-electron chi connectivity index (χ3n) is 5.32. The first kappa shape index (κ1) is 30.4. The van der Waals surface area contributed by atoms with Crippen molar-refractivity contribution in [1.29, 1.82) is 0 Å². The van der Waals surface area contributed by atoms with Crippen LogP contribution in [-0.2, 0) is 23.1 Å². The molecule has 194 valence electrons. The summed E-state index contributed by atoms with van der Waals surface area (Å²) >= 11 is 0. The average molecular weight is 499 g/mol. The summed E-state index contributed by atoms with van der Waals surface area (Å²) in [6.07, 6.45) is 16.0. The van der Waals surface area contributed by atoms with Crippen LogP contribution in [0.4, 0.5) is 0 Å². The highest BCUT2D eigenvalue weighted by atomic mass is 31.2. The Morgan fingerprint density at radius 1 is 0.824 bits per heavy atom. The monoisotopic (exact) mass is 498 g/mol. The second-order valence-electron chi connectivity index (χ2n) is 8.30. The third-order valence-corrected chi connectivity index (χ3v) is 6.34. The molecule has 0 fully saturated rings. The Labute approximate surface area is 205 Å². The van der Waals surface area contributed by atoms with Gasteiger partial charge >= 0.3 is 13.8 Å². The predicted molar refractivity (Wildman–Crippen MR) is 136 cm³/mol. The van der Waals surface area contributed by atoms with Gasteiger partial charge in [0, 0.05) is 6.08 Å². The summed E-state index contributed by atoms with van der Waals surface area (Å²) in [4.78, 5) is 21.5. The molecule has 1 N–H and O–H groups in total. The molecule has 0 aliphatic heterocycles. The SMILES string of the molecule is CCCCCCCCCCCCOP(=O)(O)OCCCCOC(=O)/C=C\c1ccc(OC)cc1. The number of hydrogen-bond acceptors (Lipinski definition) is 6. The van der Waals surface area contributed by atoms with Gasteiger partial charge in [-0.1, -0.05) is 76.8 Å². The molecule has 0 amide bonds. The molecule has 0 aliphatic carbocycles. The summed E-state index contributed by atoms with van der Waals surface area (Å²) in [5.74, 6) is 0.308. The van der Waals surface area contributed by atoms with Crippen molar-refractivity contribution < 1.29 is 32.8 Å². The summed E-state index contributed by atoms with van der Waals surface area (Å²) in [6.45, 7) is 2.74. The molecule has 0 saturated heterocycles. The molecular formula is C26H43O7P. The second-order valence-corrected chi connectivity index (χ2v) is 9.75. The van der Waals surface area contributed by atoms with Crippen molar-refractivity contribution in [2.45, 2.75) is 84.0 Å². The maximum atomic E-state index is 11.9. The lowest BCUT2D eigenvalue weighted by molar-refractivity contribution is -0.137. The summed E-state index contributed by atoms with van der Waals surface area (Å²) in [7, 11) is -2.42. The Morgan fingerprint density at radius 3 is 1.88 bits per heavy atom. The zero-order valence-electron chi connectivity index (χ0n) is 20.9. The van der Waals surface area contributed by atoms with E-state index in [4.69, 9.17) is 18.5 Å². The van der Waals surface area contributed by atoms with Gasteiger partial charge < -0.3 is 14.4 Å². The quantitative estimate of drug-likeness (QED) is 0.0837. The standard InChI is InChI=1S/C26H43O7P/c1-3-4-5-6-7-8-9-10-11-12-22-32-34(28,29)33-23-14-13-21-31-26(27)20-17-24-15-18-25(30-2)19-16-24/h15-20H,3-14,21-23H2,1-2H3,(H,28,29)/b20-17-. The van der Waals surface area contributed by atoms with Gasteiger partial charge in [0.2, 0.25) is 0 Å². The number of phosphoric acid groups is 1. The van der Waals surface area contributed by atoms with Gasteiger partial charge in [-0.2, -0.15) is 0 Å². The first-order chi connectivity index (χ1) is 16.5. The minimum absolute atomic E-state index is 0.0745. The molecule has 7 nitrogen and oxygen atoms in total. The average Bonchev–Trinajstić information content (AvgIpc) is 2.83. The van der Waals surface area contributed by atoms with E-state index in [0.717, 1.165) is 30.6 Å². The van der Waals surface area contributed by atoms with Gasteiger partial charge in [0.25, 0.3) is 0 Å². The van der Waals surface area contributed by atoms with Crippen LogP contribution in [0.5, 0.6) is 5.75 Å². The molecule has 1 atom stereocenters. The van der Waals surface area contributed by atoms with Gasteiger partial charge in [-0.3, -0.25) is 9.05 Å². The number of esters is 1. The Kier molecular flexibility index (Phi) is 17.5. The molecule has 1 aromatic carbocycles. The number of carbonyl (C=O) groups excluding carboxylic acids is 1. The zero-order valence-corrected chi connectivity index (χ0v) is 21.8. The minimum Gasteiger partial charge on any atom is -0.497 e. The highest BCUT2D eigenvalue weighted by Gasteiger charge is 2.20. The van der Waals surface area contributed by atoms with Crippen molar-refractivity contribution in [2.75, 3.05) is 26.9 Å². The number of benzene rings is 1. The lowest BCUT2D eigenvalue weighted by Gasteiger charge is -2.12. The molecule has 0 saturated carbocycles. The molecular weight excluding hydrogens is 455 g/mol. The van der Waals surface area contributed by atoms with E-state index < -0.39 is 13.8 Å². The van der Waals surface area contributed by atoms with Crippen LogP contribution in [0, 0.1) is 0 Å². The number of unbranched alkanes of at least 4 members (excludes halogenated alkanes) is 10. The molecule has 0 aromatic heterocycles. The largest absolute Gasteiger partial charge is 0.497 e. The molecule has 8 heteroatoms. The zero-order chi connectivity index (χ0) is 24.9.